The molecule has 25 heavy (non-hydrogen) atoms. The first kappa shape index (κ1) is 19.4. The number of hydrogen-bond donors (Lipinski definition) is 0. The van der Waals surface area contributed by atoms with E-state index in [9.17, 15) is 4.39 Å². The molecule has 0 aliphatic carbocycles. The van der Waals surface area contributed by atoms with E-state index < -0.39 is 6.17 Å². The van der Waals surface area contributed by atoms with Gasteiger partial charge in [0.2, 0.25) is 0 Å². The number of nitrogens with zero attached hydrogens (tertiary/aromatic N) is 2. The molecule has 0 saturated heterocycles. The number of alkyl halides is 1. The summed E-state index contributed by atoms with van der Waals surface area (Å²) in [6.45, 7) is 4.77. The minimum atomic E-state index is -0.671. The quantitative estimate of drug-likeness (QED) is 0.484. The van der Waals surface area contributed by atoms with Crippen LogP contribution in [0.25, 0.3) is 11.4 Å². The molecule has 136 valence electrons. The van der Waals surface area contributed by atoms with Crippen LogP contribution in [0.1, 0.15) is 57.9 Å². The zero-order valence-corrected chi connectivity index (χ0v) is 15.4. The van der Waals surface area contributed by atoms with Crippen molar-refractivity contribution < 1.29 is 9.13 Å². The van der Waals surface area contributed by atoms with Gasteiger partial charge in [0.25, 0.3) is 0 Å². The molecular formula is C21H29FN2O. The van der Waals surface area contributed by atoms with E-state index in [1.165, 1.54) is 18.4 Å². The van der Waals surface area contributed by atoms with Gasteiger partial charge in [0.15, 0.2) is 11.6 Å². The van der Waals surface area contributed by atoms with Crippen molar-refractivity contribution in [3.05, 3.63) is 42.2 Å². The molecule has 1 aromatic heterocycles. The van der Waals surface area contributed by atoms with E-state index >= 15 is 0 Å². The van der Waals surface area contributed by atoms with Crippen LogP contribution in [0.3, 0.4) is 0 Å². The van der Waals surface area contributed by atoms with Gasteiger partial charge in [-0.2, -0.15) is 0 Å². The summed E-state index contributed by atoms with van der Waals surface area (Å²) in [5.41, 5.74) is 2.21. The molecule has 0 amide bonds. The van der Waals surface area contributed by atoms with Crippen molar-refractivity contribution in [2.24, 2.45) is 0 Å². The number of aryl methyl sites for hydroxylation is 1. The van der Waals surface area contributed by atoms with E-state index in [4.69, 9.17) is 4.74 Å². The smallest absolute Gasteiger partial charge is 0.159 e. The van der Waals surface area contributed by atoms with E-state index in [1.54, 1.807) is 12.4 Å². The normalized spacial score (nSPS) is 12.1. The summed E-state index contributed by atoms with van der Waals surface area (Å²) in [7, 11) is 0. The fourth-order valence-corrected chi connectivity index (χ4v) is 2.63. The number of unbranched alkanes of at least 4 members (excludes halogenated alkanes) is 2. The van der Waals surface area contributed by atoms with Gasteiger partial charge in [-0.15, -0.1) is 0 Å². The first-order chi connectivity index (χ1) is 12.2. The Kier molecular flexibility index (Phi) is 8.36. The van der Waals surface area contributed by atoms with Crippen LogP contribution in [0, 0.1) is 0 Å². The van der Waals surface area contributed by atoms with Crippen molar-refractivity contribution in [3.63, 3.8) is 0 Å². The largest absolute Gasteiger partial charge is 0.490 e. The van der Waals surface area contributed by atoms with E-state index in [2.05, 4.69) is 29.0 Å². The Morgan fingerprint density at radius 2 is 1.72 bits per heavy atom. The zero-order valence-electron chi connectivity index (χ0n) is 15.4. The topological polar surface area (TPSA) is 35.0 Å². The molecule has 0 radical (unpaired) electrons. The van der Waals surface area contributed by atoms with Crippen molar-refractivity contribution in [1.29, 1.82) is 0 Å². The van der Waals surface area contributed by atoms with Gasteiger partial charge in [-0.1, -0.05) is 51.0 Å². The summed E-state index contributed by atoms with van der Waals surface area (Å²) in [6.07, 6.45) is 9.24. The highest BCUT2D eigenvalue weighted by molar-refractivity contribution is 5.55. The molecule has 2 aromatic rings. The summed E-state index contributed by atoms with van der Waals surface area (Å²) < 4.78 is 18.9. The van der Waals surface area contributed by atoms with Gasteiger partial charge in [-0.3, -0.25) is 0 Å². The average Bonchev–Trinajstić information content (AvgIpc) is 2.66. The number of ether oxygens (including phenoxy) is 1. The van der Waals surface area contributed by atoms with Crippen molar-refractivity contribution >= 4 is 0 Å². The van der Waals surface area contributed by atoms with Crippen molar-refractivity contribution in [2.75, 3.05) is 6.61 Å². The summed E-state index contributed by atoms with van der Waals surface area (Å²) in [4.78, 5) is 8.78. The second-order valence-corrected chi connectivity index (χ2v) is 6.39. The number of rotatable bonds is 11. The fraction of sp³-hybridized carbons (Fsp3) is 0.524. The third kappa shape index (κ3) is 6.81. The van der Waals surface area contributed by atoms with Crippen molar-refractivity contribution in [1.82, 2.24) is 9.97 Å². The molecule has 0 aliphatic rings. The van der Waals surface area contributed by atoms with Crippen LogP contribution < -0.4 is 4.74 Å². The predicted octanol–water partition coefficient (Wildman–Crippen LogP) is 5.78. The molecular weight excluding hydrogens is 315 g/mol. The Hall–Kier alpha value is -1.97. The predicted molar refractivity (Wildman–Crippen MR) is 101 cm³/mol. The first-order valence-corrected chi connectivity index (χ1v) is 9.41. The van der Waals surface area contributed by atoms with Crippen LogP contribution in [0.2, 0.25) is 0 Å². The van der Waals surface area contributed by atoms with E-state index in [0.29, 0.717) is 31.0 Å². The summed E-state index contributed by atoms with van der Waals surface area (Å²) >= 11 is 0. The Morgan fingerprint density at radius 3 is 2.36 bits per heavy atom. The number of aromatic nitrogens is 2. The van der Waals surface area contributed by atoms with Crippen LogP contribution in [-0.4, -0.2) is 22.7 Å². The fourth-order valence-electron chi connectivity index (χ4n) is 2.63. The van der Waals surface area contributed by atoms with Gasteiger partial charge in [0, 0.05) is 5.56 Å². The SMILES string of the molecule is CCCCCOc1cnc(-c2ccc(CCCC(F)CC)cc2)nc1. The first-order valence-electron chi connectivity index (χ1n) is 9.41. The maximum Gasteiger partial charge on any atom is 0.159 e. The van der Waals surface area contributed by atoms with Crippen LogP contribution >= 0.6 is 0 Å². The lowest BCUT2D eigenvalue weighted by molar-refractivity contribution is 0.300. The molecule has 2 rings (SSSR count). The molecule has 1 aromatic carbocycles. The summed E-state index contributed by atoms with van der Waals surface area (Å²) in [5, 5.41) is 0. The van der Waals surface area contributed by atoms with Crippen molar-refractivity contribution in [2.45, 2.75) is 65.0 Å². The van der Waals surface area contributed by atoms with Gasteiger partial charge < -0.3 is 4.74 Å². The van der Waals surface area contributed by atoms with Gasteiger partial charge in [0.05, 0.1) is 25.2 Å². The molecule has 1 heterocycles. The molecule has 0 spiro atoms. The number of halogens is 1. The molecule has 0 fully saturated rings. The number of benzene rings is 1. The minimum absolute atomic E-state index is 0.606. The van der Waals surface area contributed by atoms with Gasteiger partial charge in [-0.05, 0) is 37.7 Å². The summed E-state index contributed by atoms with van der Waals surface area (Å²) in [5.74, 6) is 1.41. The lowest BCUT2D eigenvalue weighted by atomic mass is 10.0. The Morgan fingerprint density at radius 1 is 1.00 bits per heavy atom. The standard InChI is InChI=1S/C21H29FN2O/c1-3-5-6-14-25-20-15-23-21(24-16-20)18-12-10-17(11-13-18)8-7-9-19(22)4-2/h10-13,15-16,19H,3-9,14H2,1-2H3. The molecule has 0 bridgehead atoms. The molecule has 1 unspecified atom stereocenters. The van der Waals surface area contributed by atoms with Crippen LogP contribution in [0.15, 0.2) is 36.7 Å². The molecule has 4 heteroatoms. The molecule has 0 N–H and O–H groups in total. The molecule has 0 aliphatic heterocycles. The maximum atomic E-state index is 13.2. The molecule has 0 saturated carbocycles. The zero-order chi connectivity index (χ0) is 17.9. The highest BCUT2D eigenvalue weighted by Crippen LogP contribution is 2.19. The Balaban J connectivity index is 1.84. The number of hydrogen-bond acceptors (Lipinski definition) is 3. The minimum Gasteiger partial charge on any atom is -0.490 e. The molecule has 3 nitrogen and oxygen atoms in total. The molecule has 1 atom stereocenters. The van der Waals surface area contributed by atoms with E-state index in [1.807, 2.05) is 19.1 Å². The Bertz CT molecular complexity index is 598. The summed E-state index contributed by atoms with van der Waals surface area (Å²) in [6, 6.07) is 8.21. The third-order valence-electron chi connectivity index (χ3n) is 4.28. The van der Waals surface area contributed by atoms with E-state index in [0.717, 1.165) is 24.8 Å². The second kappa shape index (κ2) is 10.8. The van der Waals surface area contributed by atoms with E-state index in [-0.39, 0.29) is 0 Å². The third-order valence-corrected chi connectivity index (χ3v) is 4.28. The Labute approximate surface area is 150 Å². The highest BCUT2D eigenvalue weighted by Gasteiger charge is 2.05. The lowest BCUT2D eigenvalue weighted by Gasteiger charge is -2.07. The average molecular weight is 344 g/mol. The van der Waals surface area contributed by atoms with Gasteiger partial charge in [-0.25, -0.2) is 14.4 Å². The highest BCUT2D eigenvalue weighted by atomic mass is 19.1. The van der Waals surface area contributed by atoms with Crippen LogP contribution in [-0.2, 0) is 6.42 Å². The van der Waals surface area contributed by atoms with Crippen LogP contribution in [0.4, 0.5) is 4.39 Å². The maximum absolute atomic E-state index is 13.2. The van der Waals surface area contributed by atoms with Gasteiger partial charge >= 0.3 is 0 Å². The monoisotopic (exact) mass is 344 g/mol. The van der Waals surface area contributed by atoms with Crippen LogP contribution in [0.5, 0.6) is 5.75 Å². The second-order valence-electron chi connectivity index (χ2n) is 6.39. The van der Waals surface area contributed by atoms with Crippen molar-refractivity contribution in [3.8, 4) is 17.1 Å². The van der Waals surface area contributed by atoms with Gasteiger partial charge in [0.1, 0.15) is 0 Å². The lowest BCUT2D eigenvalue weighted by Crippen LogP contribution is -1.99.